The molecule has 0 unspecified atom stereocenters. The predicted octanol–water partition coefficient (Wildman–Crippen LogP) is 3.60. The number of amides is 1. The lowest BCUT2D eigenvalue weighted by molar-refractivity contribution is 0.0827. The lowest BCUT2D eigenvalue weighted by atomic mass is 10.1. The van der Waals surface area contributed by atoms with E-state index in [9.17, 15) is 4.79 Å². The molecule has 1 amide bonds. The SMILES string of the molecule is CN=C(NCc1ccc(C(=O)N(C)C)cc1)N(C)Cc1ncc(-c2ccccc2)[nH]1.I. The van der Waals surface area contributed by atoms with E-state index in [0.29, 0.717) is 18.7 Å². The second-order valence-electron chi connectivity index (χ2n) is 7.26. The van der Waals surface area contributed by atoms with Gasteiger partial charge in [0.15, 0.2) is 5.96 Å². The first-order valence-electron chi connectivity index (χ1n) is 9.79. The first kappa shape index (κ1) is 24.4. The van der Waals surface area contributed by atoms with E-state index in [1.807, 2.05) is 60.6 Å². The van der Waals surface area contributed by atoms with Crippen molar-refractivity contribution in [2.45, 2.75) is 13.1 Å². The molecule has 0 radical (unpaired) electrons. The van der Waals surface area contributed by atoms with Crippen LogP contribution in [-0.2, 0) is 13.1 Å². The van der Waals surface area contributed by atoms with Crippen molar-refractivity contribution in [2.24, 2.45) is 4.99 Å². The summed E-state index contributed by atoms with van der Waals surface area (Å²) in [6.07, 6.45) is 1.85. The third kappa shape index (κ3) is 6.55. The zero-order chi connectivity index (χ0) is 21.5. The number of rotatable bonds is 6. The first-order valence-corrected chi connectivity index (χ1v) is 9.79. The van der Waals surface area contributed by atoms with Gasteiger partial charge in [0.05, 0.1) is 18.4 Å². The van der Waals surface area contributed by atoms with Crippen LogP contribution in [0.2, 0.25) is 0 Å². The Bertz CT molecular complexity index is 998. The normalized spacial score (nSPS) is 10.9. The van der Waals surface area contributed by atoms with Gasteiger partial charge < -0.3 is 20.1 Å². The van der Waals surface area contributed by atoms with E-state index in [2.05, 4.69) is 32.4 Å². The number of carbonyl (C=O) groups is 1. The fourth-order valence-corrected chi connectivity index (χ4v) is 3.10. The molecule has 1 heterocycles. The van der Waals surface area contributed by atoms with Crippen LogP contribution >= 0.6 is 24.0 Å². The molecule has 0 atom stereocenters. The number of aliphatic imine (C=N–C) groups is 1. The Balaban J connectivity index is 0.00000341. The molecule has 3 rings (SSSR count). The minimum atomic E-state index is -0.00151. The molecular weight excluding hydrogens is 503 g/mol. The Labute approximate surface area is 200 Å². The summed E-state index contributed by atoms with van der Waals surface area (Å²) in [5.74, 6) is 1.63. The maximum absolute atomic E-state index is 12.0. The largest absolute Gasteiger partial charge is 0.352 e. The number of aromatic nitrogens is 2. The molecule has 1 aromatic heterocycles. The van der Waals surface area contributed by atoms with Crippen molar-refractivity contribution in [1.82, 2.24) is 25.1 Å². The van der Waals surface area contributed by atoms with Crippen molar-refractivity contribution in [3.05, 3.63) is 77.7 Å². The number of halogens is 1. The standard InChI is InChI=1S/C23H28N6O.HI/c1-24-23(26-14-17-10-12-19(13-11-17)22(30)28(2)3)29(4)16-21-25-15-20(27-21)18-8-6-5-7-9-18;/h5-13,15H,14,16H2,1-4H3,(H,24,26)(H,25,27);1H. The van der Waals surface area contributed by atoms with Crippen LogP contribution in [0.4, 0.5) is 0 Å². The Hall–Kier alpha value is -2.88. The van der Waals surface area contributed by atoms with Crippen LogP contribution in [0.1, 0.15) is 21.7 Å². The summed E-state index contributed by atoms with van der Waals surface area (Å²) in [4.78, 5) is 27.8. The zero-order valence-corrected chi connectivity index (χ0v) is 20.6. The Morgan fingerprint density at radius 1 is 1.06 bits per heavy atom. The second kappa shape index (κ2) is 11.5. The van der Waals surface area contributed by atoms with Gasteiger partial charge in [0.2, 0.25) is 0 Å². The molecule has 0 aliphatic heterocycles. The quantitative estimate of drug-likeness (QED) is 0.289. The van der Waals surface area contributed by atoms with Crippen LogP contribution in [0.3, 0.4) is 0 Å². The van der Waals surface area contributed by atoms with Gasteiger partial charge in [-0.2, -0.15) is 0 Å². The molecule has 0 saturated heterocycles. The van der Waals surface area contributed by atoms with E-state index in [-0.39, 0.29) is 29.9 Å². The number of H-pyrrole nitrogens is 1. The van der Waals surface area contributed by atoms with Gasteiger partial charge in [-0.3, -0.25) is 9.79 Å². The van der Waals surface area contributed by atoms with Crippen LogP contribution in [0.15, 0.2) is 65.8 Å². The lowest BCUT2D eigenvalue weighted by Crippen LogP contribution is -2.38. The summed E-state index contributed by atoms with van der Waals surface area (Å²) >= 11 is 0. The van der Waals surface area contributed by atoms with Gasteiger partial charge >= 0.3 is 0 Å². The van der Waals surface area contributed by atoms with E-state index in [1.165, 1.54) is 0 Å². The maximum atomic E-state index is 12.0. The number of guanidine groups is 1. The average Bonchev–Trinajstić information content (AvgIpc) is 3.23. The van der Waals surface area contributed by atoms with Gasteiger partial charge in [-0.15, -0.1) is 24.0 Å². The van der Waals surface area contributed by atoms with E-state index in [0.717, 1.165) is 28.6 Å². The number of aromatic amines is 1. The van der Waals surface area contributed by atoms with Crippen LogP contribution in [0.5, 0.6) is 0 Å². The van der Waals surface area contributed by atoms with Gasteiger partial charge in [-0.25, -0.2) is 4.98 Å². The summed E-state index contributed by atoms with van der Waals surface area (Å²) < 4.78 is 0. The van der Waals surface area contributed by atoms with Crippen LogP contribution in [0.25, 0.3) is 11.3 Å². The summed E-state index contributed by atoms with van der Waals surface area (Å²) in [6, 6.07) is 17.7. The summed E-state index contributed by atoms with van der Waals surface area (Å²) in [7, 11) is 7.23. The maximum Gasteiger partial charge on any atom is 0.253 e. The number of nitrogens with one attached hydrogen (secondary N) is 2. The predicted molar refractivity (Wildman–Crippen MR) is 136 cm³/mol. The van der Waals surface area contributed by atoms with Crippen LogP contribution in [-0.4, -0.2) is 59.8 Å². The molecule has 31 heavy (non-hydrogen) atoms. The van der Waals surface area contributed by atoms with E-state index >= 15 is 0 Å². The van der Waals surface area contributed by atoms with E-state index in [4.69, 9.17) is 0 Å². The van der Waals surface area contributed by atoms with Gasteiger partial charge in [0, 0.05) is 40.3 Å². The van der Waals surface area contributed by atoms with Crippen molar-refractivity contribution in [3.8, 4) is 11.3 Å². The number of imidazole rings is 1. The van der Waals surface area contributed by atoms with Gasteiger partial charge in [-0.05, 0) is 23.3 Å². The van der Waals surface area contributed by atoms with Gasteiger partial charge in [0.25, 0.3) is 5.91 Å². The molecule has 2 N–H and O–H groups in total. The molecule has 164 valence electrons. The lowest BCUT2D eigenvalue weighted by Gasteiger charge is -2.21. The molecule has 0 bridgehead atoms. The van der Waals surface area contributed by atoms with Crippen LogP contribution < -0.4 is 5.32 Å². The average molecular weight is 532 g/mol. The monoisotopic (exact) mass is 532 g/mol. The van der Waals surface area contributed by atoms with Gasteiger partial charge in [0.1, 0.15) is 5.82 Å². The molecular formula is C23H29IN6O. The number of hydrogen-bond acceptors (Lipinski definition) is 3. The fraction of sp³-hybridized carbons (Fsp3) is 0.261. The molecule has 3 aromatic rings. The molecule has 0 spiro atoms. The first-order chi connectivity index (χ1) is 14.5. The Morgan fingerprint density at radius 2 is 1.74 bits per heavy atom. The summed E-state index contributed by atoms with van der Waals surface area (Å²) in [6.45, 7) is 1.21. The number of hydrogen-bond donors (Lipinski definition) is 2. The van der Waals surface area contributed by atoms with Crippen molar-refractivity contribution < 1.29 is 4.79 Å². The Morgan fingerprint density at radius 3 is 2.35 bits per heavy atom. The smallest absolute Gasteiger partial charge is 0.253 e. The molecule has 0 fully saturated rings. The summed E-state index contributed by atoms with van der Waals surface area (Å²) in [5.41, 5.74) is 3.86. The highest BCUT2D eigenvalue weighted by Gasteiger charge is 2.11. The van der Waals surface area contributed by atoms with Crippen LogP contribution in [0, 0.1) is 0 Å². The number of carbonyl (C=O) groups excluding carboxylic acids is 1. The highest BCUT2D eigenvalue weighted by atomic mass is 127. The minimum absolute atomic E-state index is 0. The van der Waals surface area contributed by atoms with E-state index in [1.54, 1.807) is 26.0 Å². The fourth-order valence-electron chi connectivity index (χ4n) is 3.10. The Kier molecular flexibility index (Phi) is 9.04. The third-order valence-corrected chi connectivity index (χ3v) is 4.73. The molecule has 8 heteroatoms. The second-order valence-corrected chi connectivity index (χ2v) is 7.26. The minimum Gasteiger partial charge on any atom is -0.352 e. The highest BCUT2D eigenvalue weighted by Crippen LogP contribution is 2.16. The number of benzene rings is 2. The molecule has 0 saturated carbocycles. The van der Waals surface area contributed by atoms with Crippen molar-refractivity contribution in [1.29, 1.82) is 0 Å². The molecule has 0 aliphatic carbocycles. The summed E-state index contributed by atoms with van der Waals surface area (Å²) in [5, 5.41) is 3.35. The van der Waals surface area contributed by atoms with Crippen molar-refractivity contribution in [3.63, 3.8) is 0 Å². The third-order valence-electron chi connectivity index (χ3n) is 4.73. The number of nitrogens with zero attached hydrogens (tertiary/aromatic N) is 4. The van der Waals surface area contributed by atoms with Crippen molar-refractivity contribution in [2.75, 3.05) is 28.2 Å². The van der Waals surface area contributed by atoms with E-state index < -0.39 is 0 Å². The topological polar surface area (TPSA) is 76.6 Å². The molecule has 7 nitrogen and oxygen atoms in total. The van der Waals surface area contributed by atoms with Gasteiger partial charge in [-0.1, -0.05) is 42.5 Å². The molecule has 2 aromatic carbocycles. The zero-order valence-electron chi connectivity index (χ0n) is 18.3. The highest BCUT2D eigenvalue weighted by molar-refractivity contribution is 14.0. The van der Waals surface area contributed by atoms with Crippen molar-refractivity contribution >= 4 is 35.8 Å². The molecule has 0 aliphatic rings.